The lowest BCUT2D eigenvalue weighted by molar-refractivity contribution is 0.600. The molecule has 0 amide bonds. The Morgan fingerprint density at radius 1 is 1.44 bits per heavy atom. The second-order valence-corrected chi connectivity index (χ2v) is 6.65. The molecule has 1 aromatic heterocycles. The van der Waals surface area contributed by atoms with Crippen LogP contribution in [0.5, 0.6) is 0 Å². The van der Waals surface area contributed by atoms with E-state index in [9.17, 15) is 8.42 Å². The van der Waals surface area contributed by atoms with Crippen LogP contribution in [0.25, 0.3) is 0 Å². The topological polar surface area (TPSA) is 71.1 Å². The van der Waals surface area contributed by atoms with Gasteiger partial charge >= 0.3 is 0 Å². The lowest BCUT2D eigenvalue weighted by atomic mass is 10.1. The Kier molecular flexibility index (Phi) is 4.19. The minimum absolute atomic E-state index is 0.239. The third-order valence-electron chi connectivity index (χ3n) is 3.06. The Bertz CT molecular complexity index is 494. The molecule has 0 bridgehead atoms. The van der Waals surface area contributed by atoms with E-state index in [1.807, 2.05) is 0 Å². The molecule has 0 aromatic carbocycles. The maximum absolute atomic E-state index is 11.7. The largest absolute Gasteiger partial charge is 0.365 e. The first-order chi connectivity index (χ1) is 8.57. The van der Waals surface area contributed by atoms with E-state index in [2.05, 4.69) is 15.6 Å². The number of nitrogens with one attached hydrogen (secondary N) is 2. The van der Waals surface area contributed by atoms with Crippen molar-refractivity contribution in [3.63, 3.8) is 0 Å². The molecule has 0 aliphatic carbocycles. The van der Waals surface area contributed by atoms with Crippen LogP contribution in [0.15, 0.2) is 23.2 Å². The van der Waals surface area contributed by atoms with Crippen molar-refractivity contribution in [1.82, 2.24) is 10.3 Å². The zero-order valence-corrected chi connectivity index (χ0v) is 11.3. The van der Waals surface area contributed by atoms with Gasteiger partial charge in [0.25, 0.3) is 0 Å². The number of aromatic nitrogens is 1. The Labute approximate surface area is 108 Å². The quantitative estimate of drug-likeness (QED) is 0.858. The Hall–Kier alpha value is -1.14. The molecule has 100 valence electrons. The molecule has 1 aliphatic heterocycles. The van der Waals surface area contributed by atoms with Gasteiger partial charge in [0.05, 0.1) is 0 Å². The summed E-state index contributed by atoms with van der Waals surface area (Å²) in [7, 11) is -3.24. The van der Waals surface area contributed by atoms with Gasteiger partial charge in [-0.05, 0) is 31.5 Å². The molecule has 5 nitrogen and oxygen atoms in total. The molecule has 0 spiro atoms. The van der Waals surface area contributed by atoms with E-state index in [1.165, 1.54) is 12.7 Å². The third-order valence-corrected chi connectivity index (χ3v) is 4.19. The summed E-state index contributed by atoms with van der Waals surface area (Å²) in [4.78, 5) is 4.42. The van der Waals surface area contributed by atoms with Crippen molar-refractivity contribution in [3.8, 4) is 0 Å². The Morgan fingerprint density at radius 3 is 3.06 bits per heavy atom. The molecule has 2 heterocycles. The second-order valence-electron chi connectivity index (χ2n) is 4.66. The van der Waals surface area contributed by atoms with Crippen molar-refractivity contribution in [2.45, 2.75) is 30.2 Å². The van der Waals surface area contributed by atoms with Gasteiger partial charge in [0.15, 0.2) is 9.84 Å². The highest BCUT2D eigenvalue weighted by Crippen LogP contribution is 2.20. The van der Waals surface area contributed by atoms with Gasteiger partial charge in [-0.15, -0.1) is 0 Å². The minimum Gasteiger partial charge on any atom is -0.365 e. The zero-order chi connectivity index (χ0) is 13.0. The minimum atomic E-state index is -3.24. The van der Waals surface area contributed by atoms with Crippen LogP contribution in [0, 0.1) is 0 Å². The molecule has 18 heavy (non-hydrogen) atoms. The Morgan fingerprint density at radius 2 is 2.28 bits per heavy atom. The fourth-order valence-electron chi connectivity index (χ4n) is 2.13. The summed E-state index contributed by atoms with van der Waals surface area (Å²) in [6.07, 6.45) is 6.17. The van der Waals surface area contributed by atoms with E-state index >= 15 is 0 Å². The smallest absolute Gasteiger partial charge is 0.179 e. The molecule has 1 aromatic rings. The average molecular weight is 269 g/mol. The zero-order valence-electron chi connectivity index (χ0n) is 10.5. The van der Waals surface area contributed by atoms with Gasteiger partial charge in [0.2, 0.25) is 0 Å². The van der Waals surface area contributed by atoms with Gasteiger partial charge in [0, 0.05) is 25.0 Å². The van der Waals surface area contributed by atoms with E-state index in [4.69, 9.17) is 0 Å². The molecule has 2 rings (SSSR count). The number of pyridine rings is 1. The van der Waals surface area contributed by atoms with Crippen LogP contribution in [0.1, 0.15) is 19.3 Å². The van der Waals surface area contributed by atoms with E-state index in [0.29, 0.717) is 5.82 Å². The summed E-state index contributed by atoms with van der Waals surface area (Å²) >= 11 is 0. The highest BCUT2D eigenvalue weighted by Gasteiger charge is 2.18. The number of sulfone groups is 1. The van der Waals surface area contributed by atoms with Crippen LogP contribution >= 0.6 is 0 Å². The SMILES string of the molecule is CS(=O)(=O)c1cccnc1NC1CCCCNC1. The first-order valence-electron chi connectivity index (χ1n) is 6.20. The summed E-state index contributed by atoms with van der Waals surface area (Å²) in [6, 6.07) is 3.48. The van der Waals surface area contributed by atoms with Gasteiger partial charge in [-0.25, -0.2) is 13.4 Å². The summed E-state index contributed by atoms with van der Waals surface area (Å²) in [6.45, 7) is 1.87. The summed E-state index contributed by atoms with van der Waals surface area (Å²) in [5.41, 5.74) is 0. The fourth-order valence-corrected chi connectivity index (χ4v) is 2.92. The summed E-state index contributed by atoms with van der Waals surface area (Å²) in [5.74, 6) is 0.466. The lowest BCUT2D eigenvalue weighted by Crippen LogP contribution is -2.31. The van der Waals surface area contributed by atoms with Gasteiger partial charge in [-0.1, -0.05) is 6.42 Å². The third kappa shape index (κ3) is 3.43. The number of hydrogen-bond acceptors (Lipinski definition) is 5. The molecule has 0 saturated carbocycles. The normalized spacial score (nSPS) is 21.3. The number of anilines is 1. The van der Waals surface area contributed by atoms with Crippen LogP contribution in [0.4, 0.5) is 5.82 Å². The molecule has 1 fully saturated rings. The van der Waals surface area contributed by atoms with Crippen LogP contribution in [-0.2, 0) is 9.84 Å². The maximum Gasteiger partial charge on any atom is 0.179 e. The lowest BCUT2D eigenvalue weighted by Gasteiger charge is -2.18. The van der Waals surface area contributed by atoms with Crippen LogP contribution < -0.4 is 10.6 Å². The highest BCUT2D eigenvalue weighted by molar-refractivity contribution is 7.90. The number of nitrogens with zero attached hydrogens (tertiary/aromatic N) is 1. The van der Waals surface area contributed by atoms with Gasteiger partial charge in [-0.3, -0.25) is 0 Å². The molecule has 0 radical (unpaired) electrons. The van der Waals surface area contributed by atoms with Crippen molar-refractivity contribution in [3.05, 3.63) is 18.3 Å². The van der Waals surface area contributed by atoms with E-state index in [-0.39, 0.29) is 10.9 Å². The van der Waals surface area contributed by atoms with Crippen LogP contribution in [-0.4, -0.2) is 38.8 Å². The molecular formula is C12H19N3O2S. The van der Waals surface area contributed by atoms with Crippen molar-refractivity contribution < 1.29 is 8.42 Å². The molecule has 1 saturated heterocycles. The van der Waals surface area contributed by atoms with Crippen LogP contribution in [0.2, 0.25) is 0 Å². The van der Waals surface area contributed by atoms with Crippen LogP contribution in [0.3, 0.4) is 0 Å². The van der Waals surface area contributed by atoms with Gasteiger partial charge in [-0.2, -0.15) is 0 Å². The number of hydrogen-bond donors (Lipinski definition) is 2. The van der Waals surface area contributed by atoms with Crippen molar-refractivity contribution in [1.29, 1.82) is 0 Å². The summed E-state index contributed by atoms with van der Waals surface area (Å²) < 4.78 is 23.3. The molecular weight excluding hydrogens is 250 g/mol. The molecule has 6 heteroatoms. The van der Waals surface area contributed by atoms with E-state index in [0.717, 1.165) is 25.9 Å². The predicted octanol–water partition coefficient (Wildman–Crippen LogP) is 1.04. The molecule has 1 atom stereocenters. The maximum atomic E-state index is 11.7. The first-order valence-corrected chi connectivity index (χ1v) is 8.09. The highest BCUT2D eigenvalue weighted by atomic mass is 32.2. The first kappa shape index (κ1) is 13.3. The van der Waals surface area contributed by atoms with E-state index < -0.39 is 9.84 Å². The Balaban J connectivity index is 2.18. The monoisotopic (exact) mass is 269 g/mol. The second kappa shape index (κ2) is 5.67. The van der Waals surface area contributed by atoms with Crippen molar-refractivity contribution in [2.75, 3.05) is 24.7 Å². The predicted molar refractivity (Wildman–Crippen MR) is 71.5 cm³/mol. The summed E-state index contributed by atoms with van der Waals surface area (Å²) in [5, 5.41) is 6.58. The van der Waals surface area contributed by atoms with E-state index in [1.54, 1.807) is 18.3 Å². The van der Waals surface area contributed by atoms with Crippen molar-refractivity contribution >= 4 is 15.7 Å². The molecule has 1 unspecified atom stereocenters. The average Bonchev–Trinajstić information content (AvgIpc) is 2.57. The molecule has 1 aliphatic rings. The fraction of sp³-hybridized carbons (Fsp3) is 0.583. The number of rotatable bonds is 3. The van der Waals surface area contributed by atoms with Gasteiger partial charge < -0.3 is 10.6 Å². The van der Waals surface area contributed by atoms with Gasteiger partial charge in [0.1, 0.15) is 10.7 Å². The molecule has 2 N–H and O–H groups in total. The van der Waals surface area contributed by atoms with Crippen molar-refractivity contribution in [2.24, 2.45) is 0 Å². The standard InChI is InChI=1S/C12H19N3O2S/c1-18(16,17)11-6-4-8-14-12(11)15-10-5-2-3-7-13-9-10/h4,6,8,10,13H,2-3,5,7,9H2,1H3,(H,14,15).